The third kappa shape index (κ3) is 3.34. The van der Waals surface area contributed by atoms with E-state index in [0.717, 1.165) is 47.7 Å². The van der Waals surface area contributed by atoms with E-state index in [2.05, 4.69) is 48.9 Å². The molecule has 8 nitrogen and oxygen atoms in total. The van der Waals surface area contributed by atoms with Crippen LogP contribution in [-0.2, 0) is 0 Å². The molecule has 3 aromatic rings. The fraction of sp³-hybridized carbons (Fsp3) is 0.300. The van der Waals surface area contributed by atoms with Gasteiger partial charge in [0.05, 0.1) is 5.39 Å². The summed E-state index contributed by atoms with van der Waals surface area (Å²) in [5, 5.41) is 13.5. The molecule has 28 heavy (non-hydrogen) atoms. The van der Waals surface area contributed by atoms with Gasteiger partial charge in [0.1, 0.15) is 17.8 Å². The Morgan fingerprint density at radius 3 is 2.86 bits per heavy atom. The highest BCUT2D eigenvalue weighted by Gasteiger charge is 2.28. The van der Waals surface area contributed by atoms with Crippen LogP contribution in [0.15, 0.2) is 47.8 Å². The summed E-state index contributed by atoms with van der Waals surface area (Å²) in [4.78, 5) is 20.5. The number of rotatable bonds is 2. The Morgan fingerprint density at radius 1 is 1.29 bits per heavy atom. The van der Waals surface area contributed by atoms with Crippen LogP contribution in [0.2, 0.25) is 0 Å². The molecule has 1 aromatic carbocycles. The van der Waals surface area contributed by atoms with Gasteiger partial charge in [-0.3, -0.25) is 0 Å². The summed E-state index contributed by atoms with van der Waals surface area (Å²) in [6.45, 7) is 6.48. The zero-order valence-electron chi connectivity index (χ0n) is 15.9. The zero-order valence-corrected chi connectivity index (χ0v) is 15.9. The summed E-state index contributed by atoms with van der Waals surface area (Å²) in [5.74, 6) is 1.52. The van der Waals surface area contributed by atoms with Gasteiger partial charge in [0.2, 0.25) is 12.2 Å². The van der Waals surface area contributed by atoms with Crippen molar-refractivity contribution in [3.8, 4) is 6.19 Å². The first kappa shape index (κ1) is 17.8. The standard InChI is InChI=1S/C20H22N8/c1-14-10-22-18-17(14)19(25-13-24-18)27-8-9-28(15(2)11-27)20(23-12-21)26-16-6-4-3-5-7-16/h3-7,10,13,15H,8-9,11H2,1-2H3,(H,23,26)(H,22,24,25)/t15-/m0/s1. The molecule has 2 N–H and O–H groups in total. The van der Waals surface area contributed by atoms with Crippen molar-refractivity contribution in [2.45, 2.75) is 19.9 Å². The number of hydrogen-bond donors (Lipinski definition) is 2. The van der Waals surface area contributed by atoms with E-state index in [9.17, 15) is 0 Å². The lowest BCUT2D eigenvalue weighted by atomic mass is 10.1. The maximum atomic E-state index is 9.15. The van der Waals surface area contributed by atoms with Gasteiger partial charge in [-0.1, -0.05) is 18.2 Å². The van der Waals surface area contributed by atoms with E-state index in [1.807, 2.05) is 42.7 Å². The number of para-hydroxylation sites is 1. The summed E-state index contributed by atoms with van der Waals surface area (Å²) in [6.07, 6.45) is 5.49. The number of guanidine groups is 1. The lowest BCUT2D eigenvalue weighted by Gasteiger charge is -2.41. The van der Waals surface area contributed by atoms with Crippen molar-refractivity contribution in [3.63, 3.8) is 0 Å². The highest BCUT2D eigenvalue weighted by Crippen LogP contribution is 2.27. The maximum absolute atomic E-state index is 9.15. The Balaban J connectivity index is 1.55. The second-order valence-corrected chi connectivity index (χ2v) is 6.91. The minimum Gasteiger partial charge on any atom is -0.352 e. The van der Waals surface area contributed by atoms with Gasteiger partial charge < -0.3 is 20.1 Å². The third-order valence-corrected chi connectivity index (χ3v) is 5.03. The molecule has 1 atom stereocenters. The fourth-order valence-corrected chi connectivity index (χ4v) is 3.66. The second-order valence-electron chi connectivity index (χ2n) is 6.91. The summed E-state index contributed by atoms with van der Waals surface area (Å²) in [7, 11) is 0. The molecule has 3 heterocycles. The van der Waals surface area contributed by atoms with Gasteiger partial charge in [0, 0.05) is 37.6 Å². The Bertz CT molecular complexity index is 1030. The molecule has 142 valence electrons. The summed E-state index contributed by atoms with van der Waals surface area (Å²) in [5.41, 5.74) is 2.90. The topological polar surface area (TPSA) is 96.2 Å². The number of piperazine rings is 1. The van der Waals surface area contributed by atoms with Crippen molar-refractivity contribution >= 4 is 28.5 Å². The molecule has 1 saturated heterocycles. The largest absolute Gasteiger partial charge is 0.352 e. The van der Waals surface area contributed by atoms with Crippen LogP contribution in [0, 0.1) is 18.4 Å². The van der Waals surface area contributed by atoms with Crippen LogP contribution >= 0.6 is 0 Å². The minimum absolute atomic E-state index is 0.154. The first-order valence-electron chi connectivity index (χ1n) is 9.26. The number of benzene rings is 1. The number of aromatic nitrogens is 3. The van der Waals surface area contributed by atoms with Gasteiger partial charge >= 0.3 is 0 Å². The molecule has 0 spiro atoms. The lowest BCUT2D eigenvalue weighted by molar-refractivity contribution is 0.297. The first-order chi connectivity index (χ1) is 13.7. The molecular weight excluding hydrogens is 352 g/mol. The molecule has 8 heteroatoms. The predicted octanol–water partition coefficient (Wildman–Crippen LogP) is 2.73. The number of nitrogens with zero attached hydrogens (tertiary/aromatic N) is 6. The van der Waals surface area contributed by atoms with Crippen molar-refractivity contribution in [1.82, 2.24) is 19.9 Å². The number of hydrogen-bond acceptors (Lipinski definition) is 5. The van der Waals surface area contributed by atoms with E-state index in [1.165, 1.54) is 0 Å². The van der Waals surface area contributed by atoms with E-state index in [0.29, 0.717) is 5.96 Å². The predicted molar refractivity (Wildman–Crippen MR) is 110 cm³/mol. The number of nitriles is 1. The lowest BCUT2D eigenvalue weighted by Crippen LogP contribution is -2.56. The Labute approximate surface area is 163 Å². The molecule has 0 radical (unpaired) electrons. The SMILES string of the molecule is Cc1c[nH]c2ncnc(N3CCN(/C(=N/C#N)Nc4ccccc4)[C@@H](C)C3)c12. The number of aromatic amines is 1. The highest BCUT2D eigenvalue weighted by atomic mass is 15.4. The van der Waals surface area contributed by atoms with Crippen molar-refractivity contribution in [2.24, 2.45) is 4.99 Å². The quantitative estimate of drug-likeness (QED) is 0.407. The molecule has 2 aromatic heterocycles. The number of aryl methyl sites for hydroxylation is 1. The molecule has 0 aliphatic carbocycles. The third-order valence-electron chi connectivity index (χ3n) is 5.03. The highest BCUT2D eigenvalue weighted by molar-refractivity contribution is 5.95. The normalized spacial score (nSPS) is 17.6. The minimum atomic E-state index is 0.154. The molecule has 4 rings (SSSR count). The molecule has 1 fully saturated rings. The smallest absolute Gasteiger partial charge is 0.214 e. The number of nitrogens with one attached hydrogen (secondary N) is 2. The van der Waals surface area contributed by atoms with E-state index >= 15 is 0 Å². The van der Waals surface area contributed by atoms with E-state index in [4.69, 9.17) is 5.26 Å². The summed E-state index contributed by atoms with van der Waals surface area (Å²) in [6, 6.07) is 9.93. The van der Waals surface area contributed by atoms with Crippen molar-refractivity contribution in [3.05, 3.63) is 48.4 Å². The number of H-pyrrole nitrogens is 1. The summed E-state index contributed by atoms with van der Waals surface area (Å²) < 4.78 is 0. The van der Waals surface area contributed by atoms with E-state index < -0.39 is 0 Å². The first-order valence-corrected chi connectivity index (χ1v) is 9.26. The average Bonchev–Trinajstić information content (AvgIpc) is 3.10. The van der Waals surface area contributed by atoms with Crippen LogP contribution < -0.4 is 10.2 Å². The summed E-state index contributed by atoms with van der Waals surface area (Å²) >= 11 is 0. The Hall–Kier alpha value is -3.60. The molecule has 0 unspecified atom stereocenters. The van der Waals surface area contributed by atoms with Crippen molar-refractivity contribution < 1.29 is 0 Å². The molecule has 1 aliphatic rings. The molecular formula is C20H22N8. The van der Waals surface area contributed by atoms with Crippen LogP contribution in [-0.4, -0.2) is 51.5 Å². The molecule has 0 amide bonds. The van der Waals surface area contributed by atoms with E-state index in [-0.39, 0.29) is 6.04 Å². The number of fused-ring (bicyclic) bond motifs is 1. The fourth-order valence-electron chi connectivity index (χ4n) is 3.66. The van der Waals surface area contributed by atoms with Crippen LogP contribution in [0.5, 0.6) is 0 Å². The van der Waals surface area contributed by atoms with Crippen LogP contribution in [0.25, 0.3) is 11.0 Å². The Morgan fingerprint density at radius 2 is 2.11 bits per heavy atom. The second kappa shape index (κ2) is 7.56. The van der Waals surface area contributed by atoms with Gasteiger partial charge in [0.15, 0.2) is 0 Å². The van der Waals surface area contributed by atoms with Crippen LogP contribution in [0.3, 0.4) is 0 Å². The Kier molecular flexibility index (Phi) is 4.81. The zero-order chi connectivity index (χ0) is 19.5. The van der Waals surface area contributed by atoms with Gasteiger partial charge in [-0.05, 0) is 31.5 Å². The van der Waals surface area contributed by atoms with Gasteiger partial charge in [0.25, 0.3) is 0 Å². The van der Waals surface area contributed by atoms with Crippen LogP contribution in [0.1, 0.15) is 12.5 Å². The van der Waals surface area contributed by atoms with Gasteiger partial charge in [-0.15, -0.1) is 4.99 Å². The van der Waals surface area contributed by atoms with Gasteiger partial charge in [-0.25, -0.2) is 9.97 Å². The average molecular weight is 374 g/mol. The van der Waals surface area contributed by atoms with Crippen LogP contribution in [0.4, 0.5) is 11.5 Å². The van der Waals surface area contributed by atoms with Crippen molar-refractivity contribution in [1.29, 1.82) is 5.26 Å². The van der Waals surface area contributed by atoms with Crippen molar-refractivity contribution in [2.75, 3.05) is 29.9 Å². The molecule has 0 bridgehead atoms. The maximum Gasteiger partial charge on any atom is 0.214 e. The van der Waals surface area contributed by atoms with Gasteiger partial charge in [-0.2, -0.15) is 5.26 Å². The molecule has 0 saturated carbocycles. The number of anilines is 2. The monoisotopic (exact) mass is 374 g/mol. The molecule has 1 aliphatic heterocycles. The van der Waals surface area contributed by atoms with E-state index in [1.54, 1.807) is 6.33 Å². The number of aliphatic imine (C=N–C) groups is 1.